The highest BCUT2D eigenvalue weighted by Crippen LogP contribution is 2.30. The van der Waals surface area contributed by atoms with Gasteiger partial charge in [-0.05, 0) is 55.7 Å². The largest absolute Gasteiger partial charge is 0.383 e. The molecule has 1 aliphatic heterocycles. The molecule has 1 aromatic carbocycles. The number of hydrogen-bond acceptors (Lipinski definition) is 8. The highest BCUT2D eigenvalue weighted by molar-refractivity contribution is 7.89. The second kappa shape index (κ2) is 8.13. The predicted octanol–water partition coefficient (Wildman–Crippen LogP) is 2.37. The first-order valence-electron chi connectivity index (χ1n) is 9.56. The van der Waals surface area contributed by atoms with Crippen molar-refractivity contribution in [2.45, 2.75) is 30.7 Å². The molecule has 1 unspecified atom stereocenters. The Bertz CT molecular complexity index is 1140. The Labute approximate surface area is 174 Å². The number of aryl methyl sites for hydroxylation is 1. The van der Waals surface area contributed by atoms with Gasteiger partial charge in [0.05, 0.1) is 23.1 Å². The Morgan fingerprint density at radius 3 is 2.70 bits per heavy atom. The Morgan fingerprint density at radius 1 is 1.27 bits per heavy atom. The van der Waals surface area contributed by atoms with Crippen LogP contribution in [0.2, 0.25) is 0 Å². The number of sulfonamides is 1. The van der Waals surface area contributed by atoms with Gasteiger partial charge in [-0.15, -0.1) is 0 Å². The summed E-state index contributed by atoms with van der Waals surface area (Å²) in [5, 5.41) is 9.13. The molecule has 10 heteroatoms. The predicted molar refractivity (Wildman–Crippen MR) is 111 cm³/mol. The molecule has 3 aromatic rings. The van der Waals surface area contributed by atoms with Crippen LogP contribution in [0.15, 0.2) is 45.9 Å². The van der Waals surface area contributed by atoms with Crippen molar-refractivity contribution in [3.05, 3.63) is 42.1 Å². The van der Waals surface area contributed by atoms with Crippen molar-refractivity contribution in [2.24, 2.45) is 5.14 Å². The lowest BCUT2D eigenvalue weighted by molar-refractivity contribution is 0.180. The van der Waals surface area contributed by atoms with E-state index in [0.29, 0.717) is 29.9 Å². The van der Waals surface area contributed by atoms with Crippen LogP contribution in [0, 0.1) is 6.92 Å². The molecule has 0 radical (unpaired) electrons. The van der Waals surface area contributed by atoms with Gasteiger partial charge in [-0.3, -0.25) is 0 Å². The monoisotopic (exact) mass is 429 g/mol. The molecule has 0 aliphatic carbocycles. The highest BCUT2D eigenvalue weighted by Gasteiger charge is 2.27. The fourth-order valence-electron chi connectivity index (χ4n) is 3.72. The van der Waals surface area contributed by atoms with Crippen molar-refractivity contribution in [1.29, 1.82) is 0 Å². The Kier molecular flexibility index (Phi) is 5.54. The minimum Gasteiger partial charge on any atom is -0.383 e. The Hall–Kier alpha value is -2.82. The van der Waals surface area contributed by atoms with Gasteiger partial charge in [-0.25, -0.2) is 18.5 Å². The summed E-state index contributed by atoms with van der Waals surface area (Å²) in [6, 6.07) is 8.31. The van der Waals surface area contributed by atoms with Gasteiger partial charge >= 0.3 is 0 Å². The van der Waals surface area contributed by atoms with Gasteiger partial charge in [0.15, 0.2) is 0 Å². The smallest absolute Gasteiger partial charge is 0.259 e. The van der Waals surface area contributed by atoms with E-state index < -0.39 is 10.0 Å². The SMILES string of the molecule is COCC1CCCN1c1ncc(-c2nc(-c3ccc(S(N)(=O)=O)cc3)no2)cc1C. The van der Waals surface area contributed by atoms with Crippen molar-refractivity contribution in [3.8, 4) is 22.8 Å². The summed E-state index contributed by atoms with van der Waals surface area (Å²) in [6.07, 6.45) is 3.94. The van der Waals surface area contributed by atoms with E-state index in [1.165, 1.54) is 12.1 Å². The van der Waals surface area contributed by atoms with Crippen LogP contribution in [0.25, 0.3) is 22.8 Å². The minimum absolute atomic E-state index is 0.0269. The molecule has 2 N–H and O–H groups in total. The summed E-state index contributed by atoms with van der Waals surface area (Å²) in [5.74, 6) is 1.64. The van der Waals surface area contributed by atoms with Gasteiger partial charge in [0.1, 0.15) is 5.82 Å². The number of ether oxygens (including phenoxy) is 1. The normalized spacial score (nSPS) is 16.9. The quantitative estimate of drug-likeness (QED) is 0.633. The molecule has 1 fully saturated rings. The number of methoxy groups -OCH3 is 1. The van der Waals surface area contributed by atoms with Crippen LogP contribution in [-0.2, 0) is 14.8 Å². The second-order valence-corrected chi connectivity index (χ2v) is 8.86. The first-order valence-corrected chi connectivity index (χ1v) is 11.1. The van der Waals surface area contributed by atoms with E-state index in [1.807, 2.05) is 13.0 Å². The topological polar surface area (TPSA) is 124 Å². The molecule has 30 heavy (non-hydrogen) atoms. The minimum atomic E-state index is -3.75. The summed E-state index contributed by atoms with van der Waals surface area (Å²) < 4.78 is 33.5. The molecular formula is C20H23N5O4S. The first kappa shape index (κ1) is 20.5. The van der Waals surface area contributed by atoms with Crippen LogP contribution >= 0.6 is 0 Å². The van der Waals surface area contributed by atoms with Crippen LogP contribution in [0.5, 0.6) is 0 Å². The zero-order valence-electron chi connectivity index (χ0n) is 16.8. The lowest BCUT2D eigenvalue weighted by Crippen LogP contribution is -2.33. The second-order valence-electron chi connectivity index (χ2n) is 7.30. The van der Waals surface area contributed by atoms with Crippen LogP contribution < -0.4 is 10.0 Å². The van der Waals surface area contributed by atoms with Gasteiger partial charge in [0, 0.05) is 25.4 Å². The number of benzene rings is 1. The van der Waals surface area contributed by atoms with E-state index in [4.69, 9.17) is 14.4 Å². The molecule has 9 nitrogen and oxygen atoms in total. The van der Waals surface area contributed by atoms with Crippen LogP contribution in [0.1, 0.15) is 18.4 Å². The average Bonchev–Trinajstić information content (AvgIpc) is 3.38. The van der Waals surface area contributed by atoms with Gasteiger partial charge < -0.3 is 14.2 Å². The maximum absolute atomic E-state index is 11.4. The fourth-order valence-corrected chi connectivity index (χ4v) is 4.23. The van der Waals surface area contributed by atoms with E-state index in [9.17, 15) is 8.42 Å². The van der Waals surface area contributed by atoms with Crippen LogP contribution in [0.3, 0.4) is 0 Å². The number of rotatable bonds is 6. The van der Waals surface area contributed by atoms with Crippen molar-refractivity contribution < 1.29 is 17.7 Å². The standard InChI is InChI=1S/C20H23N5O4S/c1-13-10-15(11-22-19(13)25-9-3-4-16(25)12-28-2)20-23-18(24-29-20)14-5-7-17(8-6-14)30(21,26)27/h5-8,10-11,16H,3-4,9,12H2,1-2H3,(H2,21,26,27). The number of nitrogens with zero attached hydrogens (tertiary/aromatic N) is 4. The van der Waals surface area contributed by atoms with Gasteiger partial charge in [0.25, 0.3) is 5.89 Å². The highest BCUT2D eigenvalue weighted by atomic mass is 32.2. The van der Waals surface area contributed by atoms with E-state index >= 15 is 0 Å². The summed E-state index contributed by atoms with van der Waals surface area (Å²) in [4.78, 5) is 11.4. The molecule has 2 aromatic heterocycles. The number of hydrogen-bond donors (Lipinski definition) is 1. The van der Waals surface area contributed by atoms with Crippen molar-refractivity contribution in [1.82, 2.24) is 15.1 Å². The summed E-state index contributed by atoms with van der Waals surface area (Å²) in [5.41, 5.74) is 2.37. The molecule has 0 saturated carbocycles. The molecule has 3 heterocycles. The van der Waals surface area contributed by atoms with E-state index in [0.717, 1.165) is 36.3 Å². The Balaban J connectivity index is 1.57. The number of aromatic nitrogens is 3. The van der Waals surface area contributed by atoms with Crippen LogP contribution in [-0.4, -0.2) is 49.8 Å². The summed E-state index contributed by atoms with van der Waals surface area (Å²) in [7, 11) is -2.03. The number of nitrogens with two attached hydrogens (primary N) is 1. The van der Waals surface area contributed by atoms with E-state index in [2.05, 4.69) is 20.0 Å². The fraction of sp³-hybridized carbons (Fsp3) is 0.350. The maximum Gasteiger partial charge on any atom is 0.259 e. The zero-order valence-corrected chi connectivity index (χ0v) is 17.6. The average molecular weight is 430 g/mol. The third-order valence-electron chi connectivity index (χ3n) is 5.17. The molecule has 158 valence electrons. The molecule has 4 rings (SSSR count). The van der Waals surface area contributed by atoms with Crippen molar-refractivity contribution >= 4 is 15.8 Å². The van der Waals surface area contributed by atoms with E-state index in [-0.39, 0.29) is 4.90 Å². The number of pyridine rings is 1. The zero-order chi connectivity index (χ0) is 21.3. The third kappa shape index (κ3) is 4.07. The molecular weight excluding hydrogens is 406 g/mol. The van der Waals surface area contributed by atoms with E-state index in [1.54, 1.807) is 25.4 Å². The van der Waals surface area contributed by atoms with Crippen molar-refractivity contribution in [3.63, 3.8) is 0 Å². The molecule has 1 saturated heterocycles. The van der Waals surface area contributed by atoms with Gasteiger partial charge in [-0.2, -0.15) is 4.98 Å². The lowest BCUT2D eigenvalue weighted by atomic mass is 10.1. The first-order chi connectivity index (χ1) is 14.4. The van der Waals surface area contributed by atoms with Gasteiger partial charge in [0.2, 0.25) is 15.8 Å². The van der Waals surface area contributed by atoms with Crippen molar-refractivity contribution in [2.75, 3.05) is 25.2 Å². The lowest BCUT2D eigenvalue weighted by Gasteiger charge is -2.26. The summed E-state index contributed by atoms with van der Waals surface area (Å²) >= 11 is 0. The summed E-state index contributed by atoms with van der Waals surface area (Å²) in [6.45, 7) is 3.65. The van der Waals surface area contributed by atoms with Gasteiger partial charge in [-0.1, -0.05) is 5.16 Å². The Morgan fingerprint density at radius 2 is 2.03 bits per heavy atom. The maximum atomic E-state index is 11.4. The molecule has 0 amide bonds. The third-order valence-corrected chi connectivity index (χ3v) is 6.10. The molecule has 1 aliphatic rings. The molecule has 1 atom stereocenters. The van der Waals surface area contributed by atoms with Crippen LogP contribution in [0.4, 0.5) is 5.82 Å². The number of primary sulfonamides is 1. The number of anilines is 1. The molecule has 0 bridgehead atoms. The molecule has 0 spiro atoms.